The minimum absolute atomic E-state index is 0. The van der Waals surface area contributed by atoms with Crippen molar-refractivity contribution >= 4 is 43.0 Å². The summed E-state index contributed by atoms with van der Waals surface area (Å²) in [6, 6.07) is 0. The van der Waals surface area contributed by atoms with Gasteiger partial charge in [0, 0.05) is 18.8 Å². The molecule has 0 aromatic rings. The van der Waals surface area contributed by atoms with Gasteiger partial charge >= 0.3 is 11.9 Å². The normalized spacial score (nSPS) is 23.7. The molecule has 106 valence electrons. The van der Waals surface area contributed by atoms with Crippen LogP contribution in [0.1, 0.15) is 6.92 Å². The predicted octanol–water partition coefficient (Wildman–Crippen LogP) is 0.430. The van der Waals surface area contributed by atoms with Gasteiger partial charge in [0.15, 0.2) is 0 Å². The summed E-state index contributed by atoms with van der Waals surface area (Å²) in [6.45, 7) is 1.40. The van der Waals surface area contributed by atoms with Gasteiger partial charge in [-0.15, -0.1) is 24.8 Å². The van der Waals surface area contributed by atoms with Gasteiger partial charge in [0.05, 0.1) is 11.9 Å². The highest BCUT2D eigenvalue weighted by molar-refractivity contribution is 6.01. The Kier molecular flexibility index (Phi) is 5.00. The van der Waals surface area contributed by atoms with Crippen molar-refractivity contribution in [1.82, 2.24) is 10.2 Å². The molecule has 0 saturated heterocycles. The number of aliphatic imine (C=N–C) groups is 1. The third kappa shape index (κ3) is 2.39. The van der Waals surface area contributed by atoms with Crippen LogP contribution in [0.15, 0.2) is 28.2 Å². The monoisotopic (exact) mass is 309 g/mol. The largest absolute Gasteiger partial charge is 0.478 e. The van der Waals surface area contributed by atoms with Gasteiger partial charge < -0.3 is 20.4 Å². The van der Waals surface area contributed by atoms with Gasteiger partial charge in [-0.05, 0) is 6.92 Å². The molecular formula is C10H13Cl2N3O4. The van der Waals surface area contributed by atoms with Crippen molar-refractivity contribution in [3.63, 3.8) is 0 Å². The van der Waals surface area contributed by atoms with E-state index in [0.717, 1.165) is 0 Å². The molecule has 0 spiro atoms. The topological polar surface area (TPSA) is 102 Å². The summed E-state index contributed by atoms with van der Waals surface area (Å²) in [5, 5.41) is 21.1. The highest BCUT2D eigenvalue weighted by Gasteiger charge is 2.46. The van der Waals surface area contributed by atoms with Gasteiger partial charge in [-0.3, -0.25) is 4.99 Å². The van der Waals surface area contributed by atoms with Crippen molar-refractivity contribution in [3.05, 3.63) is 23.2 Å². The van der Waals surface area contributed by atoms with Crippen LogP contribution in [0.3, 0.4) is 0 Å². The van der Waals surface area contributed by atoms with Crippen molar-refractivity contribution in [3.8, 4) is 0 Å². The summed E-state index contributed by atoms with van der Waals surface area (Å²) in [6.07, 6.45) is 2.80. The Morgan fingerprint density at radius 1 is 1.37 bits per heavy atom. The van der Waals surface area contributed by atoms with Crippen molar-refractivity contribution < 1.29 is 19.8 Å². The van der Waals surface area contributed by atoms with Crippen LogP contribution in [0.25, 0.3) is 0 Å². The molecule has 1 unspecified atom stereocenters. The lowest BCUT2D eigenvalue weighted by atomic mass is 10.0. The van der Waals surface area contributed by atoms with E-state index in [2.05, 4.69) is 10.3 Å². The Hall–Kier alpha value is -1.73. The molecule has 2 aliphatic heterocycles. The zero-order chi connectivity index (χ0) is 12.8. The molecule has 2 aliphatic rings. The van der Waals surface area contributed by atoms with Crippen LogP contribution in [-0.2, 0) is 9.59 Å². The fourth-order valence-corrected chi connectivity index (χ4v) is 1.82. The zero-order valence-electron chi connectivity index (χ0n) is 10.1. The number of nitrogens with one attached hydrogen (secondary N) is 1. The number of carboxylic acids is 2. The van der Waals surface area contributed by atoms with E-state index in [9.17, 15) is 14.7 Å². The van der Waals surface area contributed by atoms with Crippen LogP contribution in [0, 0.1) is 0 Å². The van der Waals surface area contributed by atoms with E-state index in [1.54, 1.807) is 0 Å². The number of fused-ring (bicyclic) bond motifs is 1. The number of hydrogen-bond acceptors (Lipinski definition) is 5. The average molecular weight is 310 g/mol. The minimum atomic E-state index is -1.50. The molecule has 0 saturated carbocycles. The number of aliphatic carboxylic acids is 2. The second-order valence-corrected chi connectivity index (χ2v) is 3.95. The summed E-state index contributed by atoms with van der Waals surface area (Å²) >= 11 is 0. The Labute approximate surface area is 121 Å². The molecule has 9 heteroatoms. The van der Waals surface area contributed by atoms with Crippen molar-refractivity contribution in [2.45, 2.75) is 12.6 Å². The van der Waals surface area contributed by atoms with Gasteiger partial charge in [-0.1, -0.05) is 0 Å². The first-order valence-electron chi connectivity index (χ1n) is 4.84. The molecule has 0 aromatic heterocycles. The lowest BCUT2D eigenvalue weighted by Crippen LogP contribution is -2.63. The third-order valence-corrected chi connectivity index (χ3v) is 2.96. The van der Waals surface area contributed by atoms with Gasteiger partial charge in [0.1, 0.15) is 5.70 Å². The molecule has 2 heterocycles. The van der Waals surface area contributed by atoms with Crippen molar-refractivity contribution in [2.75, 3.05) is 7.05 Å². The maximum absolute atomic E-state index is 11.3. The van der Waals surface area contributed by atoms with E-state index in [0.29, 0.717) is 11.3 Å². The highest BCUT2D eigenvalue weighted by atomic mass is 35.5. The second-order valence-electron chi connectivity index (χ2n) is 3.95. The smallest absolute Gasteiger partial charge is 0.353 e. The fourth-order valence-electron chi connectivity index (χ4n) is 1.82. The molecule has 0 amide bonds. The van der Waals surface area contributed by atoms with Crippen LogP contribution >= 0.6 is 24.8 Å². The molecule has 19 heavy (non-hydrogen) atoms. The molecule has 3 N–H and O–H groups in total. The maximum atomic E-state index is 11.3. The van der Waals surface area contributed by atoms with Crippen LogP contribution < -0.4 is 5.32 Å². The number of allylic oxidation sites excluding steroid dienone is 1. The number of hydrogen-bond donors (Lipinski definition) is 3. The Balaban J connectivity index is 0.00000162. The Morgan fingerprint density at radius 3 is 2.42 bits per heavy atom. The quantitative estimate of drug-likeness (QED) is 0.683. The van der Waals surface area contributed by atoms with E-state index in [1.165, 1.54) is 31.3 Å². The molecule has 0 bridgehead atoms. The lowest BCUT2D eigenvalue weighted by molar-refractivity contribution is -0.151. The summed E-state index contributed by atoms with van der Waals surface area (Å²) in [5.74, 6) is -2.35. The number of likely N-dealkylation sites (N-methyl/N-ethyl adjacent to an activating group) is 1. The molecule has 1 atom stereocenters. The van der Waals surface area contributed by atoms with Gasteiger partial charge in [-0.25, -0.2) is 9.59 Å². The lowest BCUT2D eigenvalue weighted by Gasteiger charge is -2.42. The molecule has 7 nitrogen and oxygen atoms in total. The van der Waals surface area contributed by atoms with Crippen molar-refractivity contribution in [2.24, 2.45) is 4.99 Å². The Bertz CT molecular complexity index is 515. The minimum Gasteiger partial charge on any atom is -0.478 e. The van der Waals surface area contributed by atoms with E-state index in [1.807, 2.05) is 0 Å². The number of halogens is 2. The summed E-state index contributed by atoms with van der Waals surface area (Å²) in [7, 11) is 1.42. The number of nitrogens with zero attached hydrogens (tertiary/aromatic N) is 2. The fraction of sp³-hybridized carbons (Fsp3) is 0.300. The van der Waals surface area contributed by atoms with Crippen LogP contribution in [-0.4, -0.2) is 46.0 Å². The summed E-state index contributed by atoms with van der Waals surface area (Å²) < 4.78 is 0. The second kappa shape index (κ2) is 5.50. The molecule has 0 aromatic carbocycles. The zero-order valence-corrected chi connectivity index (χ0v) is 11.7. The van der Waals surface area contributed by atoms with Crippen LogP contribution in [0.4, 0.5) is 0 Å². The molecule has 0 aliphatic carbocycles. The first kappa shape index (κ1) is 17.3. The molecular weight excluding hydrogens is 297 g/mol. The van der Waals surface area contributed by atoms with Crippen molar-refractivity contribution in [1.29, 1.82) is 0 Å². The van der Waals surface area contributed by atoms with E-state index < -0.39 is 17.6 Å². The van der Waals surface area contributed by atoms with E-state index in [4.69, 9.17) is 5.11 Å². The maximum Gasteiger partial charge on any atom is 0.353 e. The summed E-state index contributed by atoms with van der Waals surface area (Å²) in [5.41, 5.74) is -0.790. The average Bonchev–Trinajstić information content (AvgIpc) is 2.65. The first-order valence-corrected chi connectivity index (χ1v) is 4.84. The van der Waals surface area contributed by atoms with Gasteiger partial charge in [0.2, 0.25) is 5.66 Å². The SMILES string of the molecule is CN1C(C(=O)O)=C2C=NC=C2NC1(C)C(=O)O.Cl.Cl. The molecule has 2 rings (SSSR count). The molecule has 0 fully saturated rings. The Morgan fingerprint density at radius 2 is 1.95 bits per heavy atom. The first-order chi connectivity index (χ1) is 7.88. The number of rotatable bonds is 2. The third-order valence-electron chi connectivity index (χ3n) is 2.96. The van der Waals surface area contributed by atoms with Crippen LogP contribution in [0.2, 0.25) is 0 Å². The van der Waals surface area contributed by atoms with Gasteiger partial charge in [-0.2, -0.15) is 0 Å². The highest BCUT2D eigenvalue weighted by Crippen LogP contribution is 2.30. The molecule has 0 radical (unpaired) electrons. The summed E-state index contributed by atoms with van der Waals surface area (Å²) in [4.78, 5) is 27.5. The van der Waals surface area contributed by atoms with E-state index >= 15 is 0 Å². The van der Waals surface area contributed by atoms with E-state index in [-0.39, 0.29) is 30.5 Å². The predicted molar refractivity (Wildman–Crippen MR) is 72.7 cm³/mol. The number of carboxylic acid groups (broad SMARTS) is 2. The number of carbonyl (C=O) groups is 2. The van der Waals surface area contributed by atoms with Crippen LogP contribution in [0.5, 0.6) is 0 Å². The van der Waals surface area contributed by atoms with Gasteiger partial charge in [0.25, 0.3) is 0 Å². The standard InChI is InChI=1S/C10H11N3O4.2ClH/c1-10(9(16)17)12-6-4-11-3-5(6)7(8(14)15)13(10)2;;/h3-4,12H,1-2H3,(H,14,15)(H,16,17);2*1H.